The van der Waals surface area contributed by atoms with Crippen LogP contribution in [0.4, 0.5) is 5.69 Å². The number of nitrogens with one attached hydrogen (secondary N) is 1. The predicted molar refractivity (Wildman–Crippen MR) is 115 cm³/mol. The summed E-state index contributed by atoms with van der Waals surface area (Å²) in [6, 6.07) is 20.2. The number of rotatable bonds is 6. The molecule has 2 aromatic carbocycles. The van der Waals surface area contributed by atoms with Crippen LogP contribution in [-0.4, -0.2) is 19.6 Å². The van der Waals surface area contributed by atoms with Gasteiger partial charge in [0.2, 0.25) is 0 Å². The van der Waals surface area contributed by atoms with Gasteiger partial charge in [0.05, 0.1) is 24.1 Å². The molecule has 6 nitrogen and oxygen atoms in total. The molecule has 0 spiro atoms. The quantitative estimate of drug-likeness (QED) is 0.527. The third kappa shape index (κ3) is 4.22. The minimum atomic E-state index is -0.334. The van der Waals surface area contributed by atoms with Crippen LogP contribution in [0.25, 0.3) is 11.3 Å². The van der Waals surface area contributed by atoms with Crippen molar-refractivity contribution in [1.29, 1.82) is 0 Å². The first kappa shape index (κ1) is 19.0. The van der Waals surface area contributed by atoms with Gasteiger partial charge in [0.25, 0.3) is 5.56 Å². The summed E-state index contributed by atoms with van der Waals surface area (Å²) in [4.78, 5) is 12.0. The lowest BCUT2D eigenvalue weighted by Gasteiger charge is -2.08. The summed E-state index contributed by atoms with van der Waals surface area (Å²) >= 11 is 6.18. The zero-order valence-corrected chi connectivity index (χ0v) is 16.7. The largest absolute Gasteiger partial charge is 0.378 e. The van der Waals surface area contributed by atoms with Crippen molar-refractivity contribution >= 4 is 17.3 Å². The van der Waals surface area contributed by atoms with Crippen molar-refractivity contribution < 1.29 is 0 Å². The fourth-order valence-corrected chi connectivity index (χ4v) is 3.34. The lowest BCUT2D eigenvalue weighted by molar-refractivity contribution is 0.688. The fraction of sp³-hybridized carbons (Fsp3) is 0.136. The smallest absolute Gasteiger partial charge is 0.287 e. The Hall–Kier alpha value is -3.38. The first-order valence-corrected chi connectivity index (χ1v) is 9.61. The molecule has 4 aromatic rings. The van der Waals surface area contributed by atoms with Gasteiger partial charge in [0.1, 0.15) is 5.02 Å². The van der Waals surface area contributed by atoms with Crippen molar-refractivity contribution in [3.05, 3.63) is 99.6 Å². The van der Waals surface area contributed by atoms with Crippen LogP contribution in [0.3, 0.4) is 0 Å². The van der Waals surface area contributed by atoms with Crippen molar-refractivity contribution in [3.63, 3.8) is 0 Å². The average molecular weight is 406 g/mol. The fourth-order valence-electron chi connectivity index (χ4n) is 3.11. The third-order valence-corrected chi connectivity index (χ3v) is 4.98. The zero-order chi connectivity index (χ0) is 20.2. The number of benzene rings is 2. The second kappa shape index (κ2) is 8.32. The van der Waals surface area contributed by atoms with Gasteiger partial charge in [-0.05, 0) is 5.56 Å². The maximum Gasteiger partial charge on any atom is 0.287 e. The van der Waals surface area contributed by atoms with Crippen molar-refractivity contribution in [1.82, 2.24) is 19.6 Å². The normalized spacial score (nSPS) is 10.8. The molecule has 2 heterocycles. The topological polar surface area (TPSA) is 64.7 Å². The van der Waals surface area contributed by atoms with Crippen LogP contribution in [0.1, 0.15) is 11.1 Å². The van der Waals surface area contributed by atoms with Crippen LogP contribution in [0, 0.1) is 0 Å². The van der Waals surface area contributed by atoms with Gasteiger partial charge in [-0.3, -0.25) is 9.48 Å². The van der Waals surface area contributed by atoms with Crippen LogP contribution in [0.2, 0.25) is 5.02 Å². The lowest BCUT2D eigenvalue weighted by atomic mass is 10.1. The van der Waals surface area contributed by atoms with E-state index in [9.17, 15) is 4.79 Å². The van der Waals surface area contributed by atoms with Gasteiger partial charge in [0.15, 0.2) is 0 Å². The van der Waals surface area contributed by atoms with E-state index in [0.29, 0.717) is 18.8 Å². The Morgan fingerprint density at radius 2 is 1.72 bits per heavy atom. The predicted octanol–water partition coefficient (Wildman–Crippen LogP) is 3.96. The highest BCUT2D eigenvalue weighted by molar-refractivity contribution is 6.32. The average Bonchev–Trinajstić information content (AvgIpc) is 3.15. The van der Waals surface area contributed by atoms with Crippen molar-refractivity contribution in [2.45, 2.75) is 13.1 Å². The maximum absolute atomic E-state index is 12.0. The molecule has 0 aliphatic heterocycles. The highest BCUT2D eigenvalue weighted by atomic mass is 35.5. The Balaban J connectivity index is 1.64. The Labute approximate surface area is 173 Å². The molecule has 7 heteroatoms. The Bertz CT molecular complexity index is 1170. The minimum absolute atomic E-state index is 0.125. The Kier molecular flexibility index (Phi) is 5.44. The lowest BCUT2D eigenvalue weighted by Crippen LogP contribution is -2.21. The number of nitrogens with zero attached hydrogens (tertiary/aromatic N) is 4. The molecule has 1 N–H and O–H groups in total. The molecule has 0 atom stereocenters. The van der Waals surface area contributed by atoms with Crippen molar-refractivity contribution in [3.8, 4) is 11.3 Å². The molecule has 146 valence electrons. The summed E-state index contributed by atoms with van der Waals surface area (Å²) in [6.07, 6.45) is 3.57. The molecule has 2 aromatic heterocycles. The molecule has 0 aliphatic carbocycles. The van der Waals surface area contributed by atoms with E-state index in [4.69, 9.17) is 16.7 Å². The van der Waals surface area contributed by atoms with Crippen LogP contribution in [0.15, 0.2) is 77.9 Å². The van der Waals surface area contributed by atoms with E-state index >= 15 is 0 Å². The van der Waals surface area contributed by atoms with Gasteiger partial charge in [-0.2, -0.15) is 10.2 Å². The number of halogens is 1. The Morgan fingerprint density at radius 3 is 2.45 bits per heavy atom. The van der Waals surface area contributed by atoms with Crippen LogP contribution >= 0.6 is 11.6 Å². The molecule has 0 saturated carbocycles. The highest BCUT2D eigenvalue weighted by Gasteiger charge is 2.13. The van der Waals surface area contributed by atoms with Crippen molar-refractivity contribution in [2.24, 2.45) is 7.05 Å². The van der Waals surface area contributed by atoms with Gasteiger partial charge >= 0.3 is 0 Å². The van der Waals surface area contributed by atoms with E-state index in [1.165, 1.54) is 10.2 Å². The SMILES string of the molecule is Cn1ncc(NCc2cn(Cc3ccccc3)nc2-c2ccccc2)c(Cl)c1=O. The van der Waals surface area contributed by atoms with Gasteiger partial charge in [0, 0.05) is 30.9 Å². The molecular formula is C22H20ClN5O. The molecular weight excluding hydrogens is 386 g/mol. The van der Waals surface area contributed by atoms with E-state index in [1.54, 1.807) is 13.2 Å². The van der Waals surface area contributed by atoms with E-state index < -0.39 is 0 Å². The van der Waals surface area contributed by atoms with Gasteiger partial charge in [-0.25, -0.2) is 4.68 Å². The summed E-state index contributed by atoms with van der Waals surface area (Å²) in [7, 11) is 1.57. The van der Waals surface area contributed by atoms with Crippen LogP contribution in [-0.2, 0) is 20.1 Å². The summed E-state index contributed by atoms with van der Waals surface area (Å²) in [5.74, 6) is 0. The van der Waals surface area contributed by atoms with Gasteiger partial charge in [-0.15, -0.1) is 0 Å². The zero-order valence-electron chi connectivity index (χ0n) is 15.9. The van der Waals surface area contributed by atoms with Crippen LogP contribution < -0.4 is 10.9 Å². The molecule has 0 bridgehead atoms. The standard InChI is InChI=1S/C22H20ClN5O/c1-27-22(29)20(23)19(13-25-27)24-12-18-15-28(14-16-8-4-2-5-9-16)26-21(18)17-10-6-3-7-11-17/h2-11,13,15,24H,12,14H2,1H3. The molecule has 0 radical (unpaired) electrons. The molecule has 0 amide bonds. The summed E-state index contributed by atoms with van der Waals surface area (Å²) in [6.45, 7) is 1.14. The first-order chi connectivity index (χ1) is 14.1. The molecule has 29 heavy (non-hydrogen) atoms. The molecule has 0 aliphatic rings. The monoisotopic (exact) mass is 405 g/mol. The number of aryl methyl sites for hydroxylation is 1. The molecule has 4 rings (SSSR count). The van der Waals surface area contributed by atoms with Gasteiger partial charge in [-0.1, -0.05) is 72.3 Å². The van der Waals surface area contributed by atoms with E-state index in [-0.39, 0.29) is 10.6 Å². The van der Waals surface area contributed by atoms with E-state index in [0.717, 1.165) is 16.8 Å². The molecule has 0 fully saturated rings. The second-order valence-corrected chi connectivity index (χ2v) is 7.08. The maximum atomic E-state index is 12.0. The first-order valence-electron chi connectivity index (χ1n) is 9.23. The summed E-state index contributed by atoms with van der Waals surface area (Å²) < 4.78 is 3.14. The summed E-state index contributed by atoms with van der Waals surface area (Å²) in [5.41, 5.74) is 4.27. The van der Waals surface area contributed by atoms with E-state index in [2.05, 4.69) is 22.5 Å². The third-order valence-electron chi connectivity index (χ3n) is 4.62. The second-order valence-electron chi connectivity index (χ2n) is 6.71. The van der Waals surface area contributed by atoms with Crippen molar-refractivity contribution in [2.75, 3.05) is 5.32 Å². The van der Waals surface area contributed by atoms with Gasteiger partial charge < -0.3 is 5.32 Å². The summed E-state index contributed by atoms with van der Waals surface area (Å²) in [5, 5.41) is 12.2. The number of aromatic nitrogens is 4. The number of hydrogen-bond donors (Lipinski definition) is 1. The highest BCUT2D eigenvalue weighted by Crippen LogP contribution is 2.24. The van der Waals surface area contributed by atoms with Crippen LogP contribution in [0.5, 0.6) is 0 Å². The number of hydrogen-bond acceptors (Lipinski definition) is 4. The minimum Gasteiger partial charge on any atom is -0.378 e. The number of anilines is 1. The Morgan fingerprint density at radius 1 is 1.03 bits per heavy atom. The molecule has 0 unspecified atom stereocenters. The van der Waals surface area contributed by atoms with E-state index in [1.807, 2.05) is 59.4 Å². The molecule has 0 saturated heterocycles.